The fraction of sp³-hybridized carbons (Fsp3) is 0.905. The molecule has 132 valence electrons. The predicted molar refractivity (Wildman–Crippen MR) is 100 cm³/mol. The predicted octanol–water partition coefficient (Wildman–Crippen LogP) is 7.18. The Bertz CT molecular complexity index is 234. The van der Waals surface area contributed by atoms with Crippen LogP contribution in [0.3, 0.4) is 0 Å². The van der Waals surface area contributed by atoms with Gasteiger partial charge in [0.1, 0.15) is 0 Å². The van der Waals surface area contributed by atoms with Crippen molar-refractivity contribution in [3.8, 4) is 0 Å². The summed E-state index contributed by atoms with van der Waals surface area (Å²) >= 11 is 0. The average molecular weight is 311 g/mol. The zero-order chi connectivity index (χ0) is 16.5. The lowest BCUT2D eigenvalue weighted by Gasteiger charge is -2.13. The molecule has 0 bridgehead atoms. The molecule has 0 spiro atoms. The molecule has 0 aliphatic heterocycles. The Morgan fingerprint density at radius 1 is 0.682 bits per heavy atom. The van der Waals surface area contributed by atoms with Gasteiger partial charge in [0, 0.05) is 0 Å². The van der Waals surface area contributed by atoms with Crippen LogP contribution >= 0.6 is 0 Å². The zero-order valence-corrected chi connectivity index (χ0v) is 15.5. The monoisotopic (exact) mass is 310 g/mol. The van der Waals surface area contributed by atoms with E-state index in [4.69, 9.17) is 0 Å². The van der Waals surface area contributed by atoms with E-state index in [1.807, 2.05) is 0 Å². The van der Waals surface area contributed by atoms with Gasteiger partial charge in [-0.05, 0) is 24.8 Å². The molecule has 0 saturated carbocycles. The Morgan fingerprint density at radius 2 is 1.09 bits per heavy atom. The summed E-state index contributed by atoms with van der Waals surface area (Å²) < 4.78 is 0. The van der Waals surface area contributed by atoms with E-state index in [1.165, 1.54) is 83.5 Å². The van der Waals surface area contributed by atoms with E-state index in [1.54, 1.807) is 0 Å². The molecule has 0 heterocycles. The Morgan fingerprint density at radius 3 is 1.59 bits per heavy atom. The molecule has 1 nitrogen and oxygen atoms in total. The maximum absolute atomic E-state index is 10.1. The van der Waals surface area contributed by atoms with Crippen molar-refractivity contribution in [1.82, 2.24) is 0 Å². The summed E-state index contributed by atoms with van der Waals surface area (Å²) in [5.74, 6) is 0. The molecule has 0 aromatic rings. The van der Waals surface area contributed by atoms with Crippen molar-refractivity contribution in [1.29, 1.82) is 0 Å². The molecular weight excluding hydrogens is 268 g/mol. The molecule has 1 atom stereocenters. The van der Waals surface area contributed by atoms with Crippen LogP contribution in [0.2, 0.25) is 0 Å². The third-order valence-corrected chi connectivity index (χ3v) is 4.65. The standard InChI is InChI=1S/C21H42O/c1-4-6-8-10-12-13-14-16-18-20(3)21(22)19-17-15-11-9-7-5-2/h21-22H,3-19H2,1-2H3. The van der Waals surface area contributed by atoms with E-state index in [-0.39, 0.29) is 6.10 Å². The highest BCUT2D eigenvalue weighted by atomic mass is 16.3. The molecule has 0 aliphatic rings. The summed E-state index contributed by atoms with van der Waals surface area (Å²) in [6.45, 7) is 8.61. The van der Waals surface area contributed by atoms with E-state index < -0.39 is 0 Å². The van der Waals surface area contributed by atoms with Crippen LogP contribution in [-0.4, -0.2) is 11.2 Å². The van der Waals surface area contributed by atoms with Gasteiger partial charge in [0.05, 0.1) is 6.10 Å². The SMILES string of the molecule is C=C(CCCCCCCCCC)C(O)CCCCCCCC. The summed E-state index contributed by atoms with van der Waals surface area (Å²) in [4.78, 5) is 0. The third-order valence-electron chi connectivity index (χ3n) is 4.65. The van der Waals surface area contributed by atoms with Crippen molar-refractivity contribution in [2.75, 3.05) is 0 Å². The molecule has 0 saturated heterocycles. The first kappa shape index (κ1) is 21.7. The van der Waals surface area contributed by atoms with E-state index in [0.29, 0.717) is 0 Å². The molecule has 0 amide bonds. The van der Waals surface area contributed by atoms with E-state index in [2.05, 4.69) is 20.4 Å². The van der Waals surface area contributed by atoms with Crippen molar-refractivity contribution in [3.63, 3.8) is 0 Å². The van der Waals surface area contributed by atoms with Crippen molar-refractivity contribution in [2.24, 2.45) is 0 Å². The first-order chi connectivity index (χ1) is 10.7. The lowest BCUT2D eigenvalue weighted by atomic mass is 9.98. The number of rotatable bonds is 17. The van der Waals surface area contributed by atoms with Gasteiger partial charge in [-0.1, -0.05) is 104 Å². The highest BCUT2D eigenvalue weighted by Crippen LogP contribution is 2.18. The maximum Gasteiger partial charge on any atom is 0.0747 e. The minimum Gasteiger partial charge on any atom is -0.389 e. The molecular formula is C21H42O. The van der Waals surface area contributed by atoms with Gasteiger partial charge >= 0.3 is 0 Å². The van der Waals surface area contributed by atoms with Gasteiger partial charge in [0.15, 0.2) is 0 Å². The smallest absolute Gasteiger partial charge is 0.0747 e. The van der Waals surface area contributed by atoms with Crippen LogP contribution in [0.15, 0.2) is 12.2 Å². The maximum atomic E-state index is 10.1. The molecule has 0 rings (SSSR count). The average Bonchev–Trinajstić information content (AvgIpc) is 2.52. The zero-order valence-electron chi connectivity index (χ0n) is 15.5. The van der Waals surface area contributed by atoms with Gasteiger partial charge in [-0.15, -0.1) is 0 Å². The summed E-state index contributed by atoms with van der Waals surface area (Å²) in [6.07, 6.45) is 20.2. The molecule has 1 unspecified atom stereocenters. The fourth-order valence-corrected chi connectivity index (χ4v) is 2.97. The Hall–Kier alpha value is -0.300. The highest BCUT2D eigenvalue weighted by Gasteiger charge is 2.08. The summed E-state index contributed by atoms with van der Waals surface area (Å²) in [5, 5.41) is 10.1. The van der Waals surface area contributed by atoms with Crippen LogP contribution in [0.4, 0.5) is 0 Å². The second kappa shape index (κ2) is 17.1. The third kappa shape index (κ3) is 14.6. The lowest BCUT2D eigenvalue weighted by Crippen LogP contribution is -2.09. The topological polar surface area (TPSA) is 20.2 Å². The molecule has 0 aliphatic carbocycles. The van der Waals surface area contributed by atoms with Gasteiger partial charge in [0.2, 0.25) is 0 Å². The minimum absolute atomic E-state index is 0.254. The van der Waals surface area contributed by atoms with Gasteiger partial charge in [-0.25, -0.2) is 0 Å². The summed E-state index contributed by atoms with van der Waals surface area (Å²) in [7, 11) is 0. The van der Waals surface area contributed by atoms with Gasteiger partial charge in [-0.3, -0.25) is 0 Å². The fourth-order valence-electron chi connectivity index (χ4n) is 2.97. The Kier molecular flexibility index (Phi) is 16.8. The van der Waals surface area contributed by atoms with Crippen molar-refractivity contribution < 1.29 is 5.11 Å². The normalized spacial score (nSPS) is 12.5. The van der Waals surface area contributed by atoms with Crippen LogP contribution in [-0.2, 0) is 0 Å². The second-order valence-electron chi connectivity index (χ2n) is 6.96. The first-order valence-electron chi connectivity index (χ1n) is 10.1. The van der Waals surface area contributed by atoms with E-state index >= 15 is 0 Å². The van der Waals surface area contributed by atoms with Crippen LogP contribution in [0.25, 0.3) is 0 Å². The van der Waals surface area contributed by atoms with Crippen LogP contribution in [0, 0.1) is 0 Å². The molecule has 22 heavy (non-hydrogen) atoms. The second-order valence-corrected chi connectivity index (χ2v) is 6.96. The Labute approximate surface area is 140 Å². The summed E-state index contributed by atoms with van der Waals surface area (Å²) in [5.41, 5.74) is 1.07. The van der Waals surface area contributed by atoms with E-state index in [9.17, 15) is 5.11 Å². The van der Waals surface area contributed by atoms with Crippen LogP contribution in [0.1, 0.15) is 117 Å². The number of unbranched alkanes of at least 4 members (excludes halogenated alkanes) is 12. The van der Waals surface area contributed by atoms with Crippen LogP contribution in [0.5, 0.6) is 0 Å². The quantitative estimate of drug-likeness (QED) is 0.223. The van der Waals surface area contributed by atoms with Crippen molar-refractivity contribution in [3.05, 3.63) is 12.2 Å². The van der Waals surface area contributed by atoms with Crippen molar-refractivity contribution in [2.45, 2.75) is 123 Å². The lowest BCUT2D eigenvalue weighted by molar-refractivity contribution is 0.191. The number of aliphatic hydroxyl groups is 1. The number of hydrogen-bond acceptors (Lipinski definition) is 1. The minimum atomic E-state index is -0.254. The van der Waals surface area contributed by atoms with Gasteiger partial charge in [0.25, 0.3) is 0 Å². The van der Waals surface area contributed by atoms with E-state index in [0.717, 1.165) is 24.8 Å². The highest BCUT2D eigenvalue weighted by molar-refractivity contribution is 5.01. The summed E-state index contributed by atoms with van der Waals surface area (Å²) in [6, 6.07) is 0. The number of hydrogen-bond donors (Lipinski definition) is 1. The molecule has 0 fully saturated rings. The Balaban J connectivity index is 3.35. The number of aliphatic hydroxyl groups excluding tert-OH is 1. The molecule has 1 N–H and O–H groups in total. The molecule has 1 heteroatoms. The van der Waals surface area contributed by atoms with Gasteiger partial charge < -0.3 is 5.11 Å². The largest absolute Gasteiger partial charge is 0.389 e. The molecule has 0 aromatic carbocycles. The molecule has 0 radical (unpaired) electrons. The molecule has 0 aromatic heterocycles. The van der Waals surface area contributed by atoms with Crippen LogP contribution < -0.4 is 0 Å². The van der Waals surface area contributed by atoms with Crippen molar-refractivity contribution >= 4 is 0 Å². The van der Waals surface area contributed by atoms with Gasteiger partial charge in [-0.2, -0.15) is 0 Å². The first-order valence-corrected chi connectivity index (χ1v) is 10.1.